The Hall–Kier alpha value is -2.16. The highest BCUT2D eigenvalue weighted by atomic mass is 79.9. The molecule has 1 aromatic carbocycles. The van der Waals surface area contributed by atoms with Gasteiger partial charge in [0, 0.05) is 59.6 Å². The second-order valence-electron chi connectivity index (χ2n) is 8.97. The molecule has 0 aliphatic carbocycles. The minimum atomic E-state index is -0.0454. The molecule has 3 aromatic rings. The zero-order valence-corrected chi connectivity index (χ0v) is 21.7. The van der Waals surface area contributed by atoms with Crippen molar-refractivity contribution in [3.63, 3.8) is 0 Å². The van der Waals surface area contributed by atoms with Crippen LogP contribution in [0.1, 0.15) is 50.9 Å². The Morgan fingerprint density at radius 1 is 1.15 bits per heavy atom. The lowest BCUT2D eigenvalue weighted by Gasteiger charge is -2.34. The molecule has 0 bridgehead atoms. The van der Waals surface area contributed by atoms with Crippen LogP contribution >= 0.6 is 27.3 Å². The van der Waals surface area contributed by atoms with Crippen LogP contribution < -0.4 is 5.32 Å². The van der Waals surface area contributed by atoms with Gasteiger partial charge in [-0.3, -0.25) is 14.5 Å². The number of nitrogens with one attached hydrogen (secondary N) is 1. The van der Waals surface area contributed by atoms with Gasteiger partial charge in [0.05, 0.1) is 4.88 Å². The SMILES string of the molecule is Cc1c(C(=O)N2CCN(Cc3ccc(C(=O)NCCC(C)C)s3)CC2)oc2ccc(Br)cc12. The molecule has 8 heteroatoms. The molecule has 6 nitrogen and oxygen atoms in total. The summed E-state index contributed by atoms with van der Waals surface area (Å²) in [5.41, 5.74) is 1.62. The van der Waals surface area contributed by atoms with Gasteiger partial charge in [0.1, 0.15) is 5.58 Å². The number of aryl methyl sites for hydroxylation is 1. The zero-order chi connectivity index (χ0) is 23.5. The fourth-order valence-electron chi connectivity index (χ4n) is 4.02. The van der Waals surface area contributed by atoms with Crippen LogP contribution in [-0.4, -0.2) is 54.3 Å². The van der Waals surface area contributed by atoms with Crippen molar-refractivity contribution in [2.24, 2.45) is 5.92 Å². The lowest BCUT2D eigenvalue weighted by molar-refractivity contribution is 0.0600. The average Bonchev–Trinajstić information content (AvgIpc) is 3.38. The van der Waals surface area contributed by atoms with Gasteiger partial charge in [-0.05, 0) is 49.6 Å². The second-order valence-corrected chi connectivity index (χ2v) is 11.1. The first-order valence-electron chi connectivity index (χ1n) is 11.4. The number of benzene rings is 1. The van der Waals surface area contributed by atoms with E-state index in [9.17, 15) is 9.59 Å². The van der Waals surface area contributed by atoms with E-state index in [2.05, 4.69) is 40.0 Å². The van der Waals surface area contributed by atoms with E-state index in [0.29, 0.717) is 31.3 Å². The van der Waals surface area contributed by atoms with Gasteiger partial charge in [-0.2, -0.15) is 0 Å². The summed E-state index contributed by atoms with van der Waals surface area (Å²) in [6.45, 7) is 10.7. The molecule has 0 radical (unpaired) electrons. The Morgan fingerprint density at radius 2 is 1.91 bits per heavy atom. The first-order chi connectivity index (χ1) is 15.8. The summed E-state index contributed by atoms with van der Waals surface area (Å²) in [5, 5.41) is 3.97. The highest BCUT2D eigenvalue weighted by molar-refractivity contribution is 9.10. The summed E-state index contributed by atoms with van der Waals surface area (Å²) in [6, 6.07) is 9.75. The number of rotatable bonds is 7. The predicted octanol–water partition coefficient (Wildman–Crippen LogP) is 5.30. The number of halogens is 1. The van der Waals surface area contributed by atoms with Crippen LogP contribution in [0.3, 0.4) is 0 Å². The maximum Gasteiger partial charge on any atom is 0.289 e. The summed E-state index contributed by atoms with van der Waals surface area (Å²) in [4.78, 5) is 31.6. The smallest absolute Gasteiger partial charge is 0.289 e. The van der Waals surface area contributed by atoms with Gasteiger partial charge in [-0.1, -0.05) is 29.8 Å². The van der Waals surface area contributed by atoms with Gasteiger partial charge in [0.25, 0.3) is 11.8 Å². The number of furan rings is 1. The lowest BCUT2D eigenvalue weighted by atomic mass is 10.1. The molecule has 2 amide bonds. The molecular weight excluding hydrogens is 502 g/mol. The molecule has 2 aromatic heterocycles. The second kappa shape index (κ2) is 10.4. The standard InChI is InChI=1S/C25H30BrN3O3S/c1-16(2)8-9-27-24(30)22-7-5-19(33-22)15-28-10-12-29(13-11-28)25(31)23-17(3)20-14-18(26)4-6-21(20)32-23/h4-7,14,16H,8-13,15H2,1-3H3,(H,27,30). The first kappa shape index (κ1) is 24.0. The van der Waals surface area contributed by atoms with E-state index in [1.54, 1.807) is 11.3 Å². The van der Waals surface area contributed by atoms with Crippen molar-refractivity contribution in [1.82, 2.24) is 15.1 Å². The minimum Gasteiger partial charge on any atom is -0.451 e. The van der Waals surface area contributed by atoms with Gasteiger partial charge in [0.2, 0.25) is 0 Å². The molecule has 1 aliphatic rings. The maximum atomic E-state index is 13.1. The van der Waals surface area contributed by atoms with Crippen LogP contribution in [0.4, 0.5) is 0 Å². The summed E-state index contributed by atoms with van der Waals surface area (Å²) in [7, 11) is 0. The van der Waals surface area contributed by atoms with Gasteiger partial charge >= 0.3 is 0 Å². The van der Waals surface area contributed by atoms with Crippen molar-refractivity contribution in [3.05, 3.63) is 55.9 Å². The zero-order valence-electron chi connectivity index (χ0n) is 19.3. The highest BCUT2D eigenvalue weighted by Gasteiger charge is 2.27. The van der Waals surface area contributed by atoms with E-state index in [4.69, 9.17) is 4.42 Å². The van der Waals surface area contributed by atoms with Crippen molar-refractivity contribution in [2.45, 2.75) is 33.7 Å². The molecule has 4 rings (SSSR count). The Bertz CT molecular complexity index is 1150. The van der Waals surface area contributed by atoms with Gasteiger partial charge in [-0.15, -0.1) is 11.3 Å². The highest BCUT2D eigenvalue weighted by Crippen LogP contribution is 2.29. The molecule has 1 saturated heterocycles. The van der Waals surface area contributed by atoms with E-state index in [1.807, 2.05) is 42.2 Å². The molecule has 176 valence electrons. The van der Waals surface area contributed by atoms with E-state index < -0.39 is 0 Å². The molecular formula is C25H30BrN3O3S. The average molecular weight is 533 g/mol. The first-order valence-corrected chi connectivity index (χ1v) is 13.0. The molecule has 33 heavy (non-hydrogen) atoms. The summed E-state index contributed by atoms with van der Waals surface area (Å²) in [6.07, 6.45) is 0.984. The Labute approximate surface area is 207 Å². The number of hydrogen-bond donors (Lipinski definition) is 1. The largest absolute Gasteiger partial charge is 0.451 e. The fourth-order valence-corrected chi connectivity index (χ4v) is 5.34. The third-order valence-electron chi connectivity index (χ3n) is 6.02. The third kappa shape index (κ3) is 5.67. The molecule has 1 N–H and O–H groups in total. The van der Waals surface area contributed by atoms with Crippen molar-refractivity contribution in [3.8, 4) is 0 Å². The predicted molar refractivity (Wildman–Crippen MR) is 136 cm³/mol. The van der Waals surface area contributed by atoms with E-state index >= 15 is 0 Å². The molecule has 1 fully saturated rings. The Morgan fingerprint density at radius 3 is 2.64 bits per heavy atom. The van der Waals surface area contributed by atoms with Crippen LogP contribution in [0.15, 0.2) is 39.2 Å². The molecule has 0 saturated carbocycles. The number of carbonyl (C=O) groups excluding carboxylic acids is 2. The van der Waals surface area contributed by atoms with Gasteiger partial charge in [0.15, 0.2) is 5.76 Å². The van der Waals surface area contributed by atoms with Crippen LogP contribution in [0.25, 0.3) is 11.0 Å². The summed E-state index contributed by atoms with van der Waals surface area (Å²) in [5.74, 6) is 0.974. The molecule has 0 spiro atoms. The number of amides is 2. The topological polar surface area (TPSA) is 65.8 Å². The summed E-state index contributed by atoms with van der Waals surface area (Å²) < 4.78 is 6.86. The fraction of sp³-hybridized carbons (Fsp3) is 0.440. The Balaban J connectivity index is 1.31. The van der Waals surface area contributed by atoms with Gasteiger partial charge < -0.3 is 14.6 Å². The van der Waals surface area contributed by atoms with E-state index in [0.717, 1.165) is 51.9 Å². The summed E-state index contributed by atoms with van der Waals surface area (Å²) >= 11 is 5.03. The van der Waals surface area contributed by atoms with Crippen molar-refractivity contribution < 1.29 is 14.0 Å². The molecule has 0 unspecified atom stereocenters. The molecule has 1 aliphatic heterocycles. The lowest BCUT2D eigenvalue weighted by Crippen LogP contribution is -2.48. The van der Waals surface area contributed by atoms with Crippen LogP contribution in [-0.2, 0) is 6.54 Å². The maximum absolute atomic E-state index is 13.1. The monoisotopic (exact) mass is 531 g/mol. The minimum absolute atomic E-state index is 0.00977. The van der Waals surface area contributed by atoms with Crippen molar-refractivity contribution >= 4 is 50.1 Å². The van der Waals surface area contributed by atoms with Gasteiger partial charge in [-0.25, -0.2) is 0 Å². The number of fused-ring (bicyclic) bond motifs is 1. The number of hydrogen-bond acceptors (Lipinski definition) is 5. The van der Waals surface area contributed by atoms with Crippen molar-refractivity contribution in [2.75, 3.05) is 32.7 Å². The normalized spacial score (nSPS) is 14.9. The number of carbonyl (C=O) groups is 2. The molecule has 0 atom stereocenters. The molecule has 3 heterocycles. The van der Waals surface area contributed by atoms with Crippen LogP contribution in [0, 0.1) is 12.8 Å². The third-order valence-corrected chi connectivity index (χ3v) is 7.59. The number of piperazine rings is 1. The van der Waals surface area contributed by atoms with E-state index in [1.165, 1.54) is 4.88 Å². The van der Waals surface area contributed by atoms with Crippen LogP contribution in [0.2, 0.25) is 0 Å². The van der Waals surface area contributed by atoms with Crippen LogP contribution in [0.5, 0.6) is 0 Å². The van der Waals surface area contributed by atoms with E-state index in [-0.39, 0.29) is 11.8 Å². The number of nitrogens with zero attached hydrogens (tertiary/aromatic N) is 2. The number of thiophene rings is 1. The quantitative estimate of drug-likeness (QED) is 0.449. The Kier molecular flexibility index (Phi) is 7.56. The van der Waals surface area contributed by atoms with Crippen molar-refractivity contribution in [1.29, 1.82) is 0 Å².